The summed E-state index contributed by atoms with van der Waals surface area (Å²) < 4.78 is 11.6. The van der Waals surface area contributed by atoms with Crippen LogP contribution in [0.1, 0.15) is 51.0 Å². The number of nitrogens with zero attached hydrogens (tertiary/aromatic N) is 3. The Morgan fingerprint density at radius 2 is 2.00 bits per heavy atom. The molecule has 1 unspecified atom stereocenters. The number of carbonyl (C=O) groups is 1. The van der Waals surface area contributed by atoms with E-state index < -0.39 is 11.1 Å². The average Bonchev–Trinajstić information content (AvgIpc) is 2.70. The van der Waals surface area contributed by atoms with Crippen LogP contribution in [-0.2, 0) is 9.47 Å². The predicted molar refractivity (Wildman–Crippen MR) is 116 cm³/mol. The van der Waals surface area contributed by atoms with Gasteiger partial charge in [-0.25, -0.2) is 0 Å². The summed E-state index contributed by atoms with van der Waals surface area (Å²) in [6, 6.07) is 5.54. The van der Waals surface area contributed by atoms with E-state index in [4.69, 9.17) is 9.47 Å². The van der Waals surface area contributed by atoms with Gasteiger partial charge in [-0.3, -0.25) is 19.6 Å². The van der Waals surface area contributed by atoms with E-state index in [1.807, 2.05) is 18.2 Å². The molecular weight excluding hydrogens is 382 g/mol. The van der Waals surface area contributed by atoms with Gasteiger partial charge in [0.2, 0.25) is 5.78 Å². The lowest BCUT2D eigenvalue weighted by Crippen LogP contribution is -2.65. The first-order chi connectivity index (χ1) is 14.1. The Kier molecular flexibility index (Phi) is 7.30. The number of carbonyl (C=O) groups excluding carboxylic acids is 1. The molecule has 2 fully saturated rings. The Morgan fingerprint density at radius 3 is 2.60 bits per heavy atom. The smallest absolute Gasteiger partial charge is 0.201 e. The van der Waals surface area contributed by atoms with Crippen molar-refractivity contribution in [2.24, 2.45) is 0 Å². The van der Waals surface area contributed by atoms with Crippen molar-refractivity contribution >= 4 is 5.78 Å². The van der Waals surface area contributed by atoms with Crippen LogP contribution in [0, 0.1) is 0 Å². The fourth-order valence-corrected chi connectivity index (χ4v) is 4.60. The molecule has 2 aliphatic rings. The van der Waals surface area contributed by atoms with E-state index in [0.29, 0.717) is 38.4 Å². The molecule has 1 aromatic rings. The highest BCUT2D eigenvalue weighted by molar-refractivity contribution is 6.02. The number of pyridine rings is 1. The van der Waals surface area contributed by atoms with Gasteiger partial charge in [-0.15, -0.1) is 0 Å². The molecule has 1 atom stereocenters. The van der Waals surface area contributed by atoms with E-state index in [2.05, 4.69) is 28.6 Å². The molecule has 0 aromatic carbocycles. The fraction of sp³-hybridized carbons (Fsp3) is 0.739. The Labute approximate surface area is 180 Å². The van der Waals surface area contributed by atoms with Gasteiger partial charge >= 0.3 is 0 Å². The number of hydrogen-bond donors (Lipinski definition) is 1. The molecule has 0 bridgehead atoms. The van der Waals surface area contributed by atoms with E-state index in [1.165, 1.54) is 0 Å². The Bertz CT molecular complexity index is 696. The molecule has 0 saturated carbocycles. The van der Waals surface area contributed by atoms with Gasteiger partial charge < -0.3 is 14.6 Å². The van der Waals surface area contributed by atoms with Crippen molar-refractivity contribution in [3.63, 3.8) is 0 Å². The minimum absolute atomic E-state index is 0.112. The summed E-state index contributed by atoms with van der Waals surface area (Å²) in [6.07, 6.45) is 3.06. The van der Waals surface area contributed by atoms with Crippen LogP contribution in [0.25, 0.3) is 0 Å². The van der Waals surface area contributed by atoms with Gasteiger partial charge in [-0.05, 0) is 46.2 Å². The van der Waals surface area contributed by atoms with Crippen LogP contribution < -0.4 is 0 Å². The number of piperazine rings is 1. The lowest BCUT2D eigenvalue weighted by molar-refractivity contribution is -0.114. The maximum absolute atomic E-state index is 13.7. The summed E-state index contributed by atoms with van der Waals surface area (Å²) in [7, 11) is 0. The first-order valence-electron chi connectivity index (χ1n) is 11.0. The fourth-order valence-electron chi connectivity index (χ4n) is 4.60. The predicted octanol–water partition coefficient (Wildman–Crippen LogP) is 2.00. The van der Waals surface area contributed by atoms with Crippen LogP contribution >= 0.6 is 0 Å². The van der Waals surface area contributed by atoms with Crippen LogP contribution in [0.15, 0.2) is 24.4 Å². The molecule has 0 radical (unpaired) electrons. The highest BCUT2D eigenvalue weighted by atomic mass is 16.5. The van der Waals surface area contributed by atoms with Crippen molar-refractivity contribution in [1.29, 1.82) is 0 Å². The summed E-state index contributed by atoms with van der Waals surface area (Å²) in [4.78, 5) is 22.8. The quantitative estimate of drug-likeness (QED) is 0.510. The first kappa shape index (κ1) is 23.3. The number of ether oxygens (including phenoxy) is 2. The van der Waals surface area contributed by atoms with Gasteiger partial charge in [-0.2, -0.15) is 0 Å². The van der Waals surface area contributed by atoms with Crippen molar-refractivity contribution in [3.05, 3.63) is 30.1 Å². The highest BCUT2D eigenvalue weighted by Gasteiger charge is 2.51. The molecule has 0 spiro atoms. The zero-order valence-corrected chi connectivity index (χ0v) is 18.9. The number of Topliss-reactive ketones (excluding diaryl/α,β-unsaturated/α-hetero) is 1. The molecule has 1 aromatic heterocycles. The normalized spacial score (nSPS) is 25.9. The van der Waals surface area contributed by atoms with Gasteiger partial charge in [0, 0.05) is 51.9 Å². The minimum atomic E-state index is -0.799. The molecule has 30 heavy (non-hydrogen) atoms. The van der Waals surface area contributed by atoms with Crippen LogP contribution in [0.3, 0.4) is 0 Å². The van der Waals surface area contributed by atoms with E-state index in [1.54, 1.807) is 20.0 Å². The maximum atomic E-state index is 13.7. The zero-order chi connectivity index (χ0) is 21.8. The minimum Gasteiger partial charge on any atom is -0.388 e. The van der Waals surface area contributed by atoms with Gasteiger partial charge in [0.25, 0.3) is 0 Å². The Morgan fingerprint density at radius 1 is 1.27 bits per heavy atom. The number of ketones is 1. The van der Waals surface area contributed by atoms with Crippen LogP contribution in [0.2, 0.25) is 0 Å². The standard InChI is InChI=1S/C23H37N3O4/c1-21(2,28)18-29-16-14-25-10-12-26(13-11-25)23(8-15-30-22(3,4)17-23)20(27)19-7-5-6-9-24-19/h5-7,9,28H,8,10-18H2,1-4H3. The third-order valence-corrected chi connectivity index (χ3v) is 6.03. The van der Waals surface area contributed by atoms with Gasteiger partial charge in [0.15, 0.2) is 0 Å². The monoisotopic (exact) mass is 419 g/mol. The Hall–Kier alpha value is -1.38. The second-order valence-electron chi connectivity index (χ2n) is 9.80. The van der Waals surface area contributed by atoms with Crippen molar-refractivity contribution in [2.45, 2.75) is 57.3 Å². The molecule has 2 saturated heterocycles. The number of hydrogen-bond acceptors (Lipinski definition) is 7. The van der Waals surface area contributed by atoms with Gasteiger partial charge in [-0.1, -0.05) is 6.07 Å². The lowest BCUT2D eigenvalue weighted by atomic mass is 9.75. The number of aromatic nitrogens is 1. The Balaban J connectivity index is 1.65. The third kappa shape index (κ3) is 5.86. The summed E-state index contributed by atoms with van der Waals surface area (Å²) in [6.45, 7) is 13.4. The highest BCUT2D eigenvalue weighted by Crippen LogP contribution is 2.39. The lowest BCUT2D eigenvalue weighted by Gasteiger charge is -2.52. The second kappa shape index (κ2) is 9.40. The summed E-state index contributed by atoms with van der Waals surface area (Å²) in [5.41, 5.74) is -1.17. The molecule has 1 N–H and O–H groups in total. The molecule has 7 heteroatoms. The molecule has 0 amide bonds. The number of rotatable bonds is 8. The van der Waals surface area contributed by atoms with Crippen molar-refractivity contribution in [1.82, 2.24) is 14.8 Å². The molecule has 3 heterocycles. The van der Waals surface area contributed by atoms with Crippen molar-refractivity contribution in [3.8, 4) is 0 Å². The van der Waals surface area contributed by atoms with Gasteiger partial charge in [0.05, 0.1) is 30.0 Å². The SMILES string of the molecule is CC(C)(O)COCCN1CCN(C2(C(=O)c3ccccn3)CCOC(C)(C)C2)CC1. The van der Waals surface area contributed by atoms with E-state index in [9.17, 15) is 9.90 Å². The second-order valence-corrected chi connectivity index (χ2v) is 9.80. The van der Waals surface area contributed by atoms with Gasteiger partial charge in [0.1, 0.15) is 5.69 Å². The molecule has 168 valence electrons. The zero-order valence-electron chi connectivity index (χ0n) is 18.9. The van der Waals surface area contributed by atoms with E-state index in [-0.39, 0.29) is 11.4 Å². The van der Waals surface area contributed by atoms with E-state index in [0.717, 1.165) is 32.7 Å². The van der Waals surface area contributed by atoms with Crippen molar-refractivity contribution < 1.29 is 19.4 Å². The molecule has 0 aliphatic carbocycles. The largest absolute Gasteiger partial charge is 0.388 e. The maximum Gasteiger partial charge on any atom is 0.201 e. The van der Waals surface area contributed by atoms with E-state index >= 15 is 0 Å². The molecule has 2 aliphatic heterocycles. The summed E-state index contributed by atoms with van der Waals surface area (Å²) in [5.74, 6) is 0.112. The third-order valence-electron chi connectivity index (χ3n) is 6.03. The van der Waals surface area contributed by atoms with Crippen molar-refractivity contribution in [2.75, 3.05) is 52.5 Å². The molecular formula is C23H37N3O4. The van der Waals surface area contributed by atoms with Crippen LogP contribution in [0.4, 0.5) is 0 Å². The molecule has 7 nitrogen and oxygen atoms in total. The first-order valence-corrected chi connectivity index (χ1v) is 11.0. The summed E-state index contributed by atoms with van der Waals surface area (Å²) in [5, 5.41) is 9.76. The molecule has 3 rings (SSSR count). The van der Waals surface area contributed by atoms with Crippen LogP contribution in [-0.4, -0.2) is 95.0 Å². The topological polar surface area (TPSA) is 75.1 Å². The summed E-state index contributed by atoms with van der Waals surface area (Å²) >= 11 is 0. The van der Waals surface area contributed by atoms with Crippen LogP contribution in [0.5, 0.6) is 0 Å². The average molecular weight is 420 g/mol. The number of aliphatic hydroxyl groups is 1.